The molecule has 1 aromatic rings. The number of hydrogen-bond donors (Lipinski definition) is 3. The van der Waals surface area contributed by atoms with Gasteiger partial charge >= 0.3 is 0 Å². The minimum atomic E-state index is -0.933. The highest BCUT2D eigenvalue weighted by Crippen LogP contribution is 2.23. The summed E-state index contributed by atoms with van der Waals surface area (Å²) in [7, 11) is 2.11. The Morgan fingerprint density at radius 3 is 2.65 bits per heavy atom. The van der Waals surface area contributed by atoms with Crippen LogP contribution in [-0.2, 0) is 5.60 Å². The topological polar surface area (TPSA) is 59.9 Å². The van der Waals surface area contributed by atoms with Crippen molar-refractivity contribution in [2.45, 2.75) is 39.3 Å². The van der Waals surface area contributed by atoms with Crippen molar-refractivity contribution < 1.29 is 5.11 Å². The van der Waals surface area contributed by atoms with Crippen molar-refractivity contribution in [3.05, 3.63) is 22.4 Å². The number of nitrogens with one attached hydrogen (secondary N) is 2. The van der Waals surface area contributed by atoms with Crippen LogP contribution in [0.25, 0.3) is 0 Å². The lowest BCUT2D eigenvalue weighted by Gasteiger charge is -2.23. The zero-order valence-corrected chi connectivity index (χ0v) is 17.9. The number of aliphatic hydroxyl groups is 1. The quantitative estimate of drug-likeness (QED) is 0.321. The summed E-state index contributed by atoms with van der Waals surface area (Å²) in [4.78, 5) is 6.79. The summed E-state index contributed by atoms with van der Waals surface area (Å²) in [5, 5.41) is 21.0. The zero-order chi connectivity index (χ0) is 16.6. The van der Waals surface area contributed by atoms with E-state index in [-0.39, 0.29) is 24.0 Å². The molecule has 0 radical (unpaired) electrons. The Balaban J connectivity index is 0.00000484. The minimum Gasteiger partial charge on any atom is -0.383 e. The van der Waals surface area contributed by atoms with Gasteiger partial charge in [0.25, 0.3) is 0 Å². The fourth-order valence-electron chi connectivity index (χ4n) is 1.85. The highest BCUT2D eigenvalue weighted by molar-refractivity contribution is 14.0. The first-order valence-corrected chi connectivity index (χ1v) is 8.78. The van der Waals surface area contributed by atoms with E-state index in [1.165, 1.54) is 0 Å². The molecule has 23 heavy (non-hydrogen) atoms. The SMILES string of the molecule is CCNC(=NCC(C)(O)c1ccsc1)NCCN(C)C(C)C.I. The lowest BCUT2D eigenvalue weighted by atomic mass is 10.00. The van der Waals surface area contributed by atoms with Gasteiger partial charge in [-0.25, -0.2) is 4.99 Å². The van der Waals surface area contributed by atoms with E-state index in [4.69, 9.17) is 0 Å². The molecule has 0 amide bonds. The summed E-state index contributed by atoms with van der Waals surface area (Å²) in [6.07, 6.45) is 0. The molecule has 0 fully saturated rings. The molecule has 0 aliphatic heterocycles. The number of aliphatic imine (C=N–C) groups is 1. The predicted octanol–water partition coefficient (Wildman–Crippen LogP) is 2.47. The van der Waals surface area contributed by atoms with Gasteiger partial charge in [-0.3, -0.25) is 0 Å². The third-order valence-corrected chi connectivity index (χ3v) is 4.35. The van der Waals surface area contributed by atoms with E-state index in [9.17, 15) is 5.11 Å². The molecule has 134 valence electrons. The summed E-state index contributed by atoms with van der Waals surface area (Å²) in [6.45, 7) is 11.1. The lowest BCUT2D eigenvalue weighted by molar-refractivity contribution is 0.0677. The second-order valence-electron chi connectivity index (χ2n) is 5.98. The molecule has 1 atom stereocenters. The predicted molar refractivity (Wildman–Crippen MR) is 111 cm³/mol. The van der Waals surface area contributed by atoms with Gasteiger partial charge in [-0.05, 0) is 57.1 Å². The van der Waals surface area contributed by atoms with Crippen LogP contribution in [0.1, 0.15) is 33.3 Å². The molecule has 0 aromatic carbocycles. The summed E-state index contributed by atoms with van der Waals surface area (Å²) in [5.41, 5.74) is -0.0199. The molecule has 1 unspecified atom stereocenters. The van der Waals surface area contributed by atoms with Crippen LogP contribution >= 0.6 is 35.3 Å². The highest BCUT2D eigenvalue weighted by atomic mass is 127. The number of hydrogen-bond acceptors (Lipinski definition) is 4. The molecule has 0 aliphatic carbocycles. The van der Waals surface area contributed by atoms with Crippen LogP contribution in [0.3, 0.4) is 0 Å². The smallest absolute Gasteiger partial charge is 0.191 e. The fourth-order valence-corrected chi connectivity index (χ4v) is 2.63. The van der Waals surface area contributed by atoms with Crippen molar-refractivity contribution >= 4 is 41.3 Å². The van der Waals surface area contributed by atoms with E-state index < -0.39 is 5.60 Å². The van der Waals surface area contributed by atoms with Crippen molar-refractivity contribution in [1.82, 2.24) is 15.5 Å². The molecule has 1 heterocycles. The Morgan fingerprint density at radius 1 is 1.43 bits per heavy atom. The molecule has 7 heteroatoms. The Bertz CT molecular complexity index is 449. The molecule has 1 rings (SSSR count). The highest BCUT2D eigenvalue weighted by Gasteiger charge is 2.23. The molecule has 0 aliphatic rings. The molecular weight excluding hydrogens is 423 g/mol. The van der Waals surface area contributed by atoms with E-state index >= 15 is 0 Å². The molecule has 0 bridgehead atoms. The van der Waals surface area contributed by atoms with Crippen LogP contribution in [0.4, 0.5) is 0 Å². The summed E-state index contributed by atoms with van der Waals surface area (Å²) in [5.74, 6) is 0.746. The number of nitrogens with zero attached hydrogens (tertiary/aromatic N) is 2. The van der Waals surface area contributed by atoms with Crippen LogP contribution in [0.15, 0.2) is 21.8 Å². The molecule has 0 spiro atoms. The van der Waals surface area contributed by atoms with Crippen molar-refractivity contribution in [3.63, 3.8) is 0 Å². The van der Waals surface area contributed by atoms with Gasteiger partial charge in [0.1, 0.15) is 5.60 Å². The standard InChI is InChI=1S/C16H30N4OS.HI/c1-6-17-15(18-8-9-20(5)13(2)3)19-12-16(4,21)14-7-10-22-11-14;/h7,10-11,13,21H,6,8-9,12H2,1-5H3,(H2,17,18,19);1H. The van der Waals surface area contributed by atoms with Crippen molar-refractivity contribution in [1.29, 1.82) is 0 Å². The normalized spacial score (nSPS) is 14.5. The summed E-state index contributed by atoms with van der Waals surface area (Å²) in [6, 6.07) is 2.47. The Kier molecular flexibility index (Phi) is 11.0. The maximum absolute atomic E-state index is 10.5. The second kappa shape index (κ2) is 11.2. The average Bonchev–Trinajstić information content (AvgIpc) is 2.99. The maximum Gasteiger partial charge on any atom is 0.191 e. The largest absolute Gasteiger partial charge is 0.383 e. The molecule has 3 N–H and O–H groups in total. The van der Waals surface area contributed by atoms with Gasteiger partial charge in [0, 0.05) is 25.7 Å². The van der Waals surface area contributed by atoms with Gasteiger partial charge < -0.3 is 20.6 Å². The Labute approximate surface area is 161 Å². The van der Waals surface area contributed by atoms with E-state index in [2.05, 4.69) is 41.4 Å². The molecular formula is C16H31IN4OS. The van der Waals surface area contributed by atoms with E-state index in [0.29, 0.717) is 12.6 Å². The molecule has 5 nitrogen and oxygen atoms in total. The summed E-state index contributed by atoms with van der Waals surface area (Å²) < 4.78 is 0. The van der Waals surface area contributed by atoms with E-state index in [1.54, 1.807) is 18.3 Å². The Morgan fingerprint density at radius 2 is 2.13 bits per heavy atom. The van der Waals surface area contributed by atoms with Crippen LogP contribution in [0, 0.1) is 0 Å². The van der Waals surface area contributed by atoms with Crippen molar-refractivity contribution in [3.8, 4) is 0 Å². The number of rotatable bonds is 8. The van der Waals surface area contributed by atoms with Crippen LogP contribution in [0.2, 0.25) is 0 Å². The fraction of sp³-hybridized carbons (Fsp3) is 0.688. The first kappa shape index (κ1) is 22.6. The monoisotopic (exact) mass is 454 g/mol. The van der Waals surface area contributed by atoms with Crippen LogP contribution in [0.5, 0.6) is 0 Å². The average molecular weight is 454 g/mol. The molecule has 1 aromatic heterocycles. The minimum absolute atomic E-state index is 0. The summed E-state index contributed by atoms with van der Waals surface area (Å²) >= 11 is 1.59. The third-order valence-electron chi connectivity index (χ3n) is 3.67. The Hall–Kier alpha value is -0.380. The number of thiophene rings is 1. The van der Waals surface area contributed by atoms with Gasteiger partial charge in [0.05, 0.1) is 6.54 Å². The first-order chi connectivity index (χ1) is 10.4. The van der Waals surface area contributed by atoms with Gasteiger partial charge in [-0.1, -0.05) is 0 Å². The van der Waals surface area contributed by atoms with Gasteiger partial charge in [0.15, 0.2) is 5.96 Å². The number of halogens is 1. The zero-order valence-electron chi connectivity index (χ0n) is 14.8. The van der Waals surface area contributed by atoms with E-state index in [1.807, 2.05) is 23.8 Å². The lowest BCUT2D eigenvalue weighted by Crippen LogP contribution is -2.42. The molecule has 0 saturated heterocycles. The van der Waals surface area contributed by atoms with Gasteiger partial charge in [0.2, 0.25) is 0 Å². The van der Waals surface area contributed by atoms with Gasteiger partial charge in [-0.2, -0.15) is 11.3 Å². The van der Waals surface area contributed by atoms with Crippen molar-refractivity contribution in [2.75, 3.05) is 33.2 Å². The third kappa shape index (κ3) is 8.32. The number of likely N-dealkylation sites (N-methyl/N-ethyl adjacent to an activating group) is 1. The maximum atomic E-state index is 10.5. The first-order valence-electron chi connectivity index (χ1n) is 7.84. The van der Waals surface area contributed by atoms with E-state index in [0.717, 1.165) is 31.2 Å². The van der Waals surface area contributed by atoms with Crippen molar-refractivity contribution in [2.24, 2.45) is 4.99 Å². The van der Waals surface area contributed by atoms with Gasteiger partial charge in [-0.15, -0.1) is 24.0 Å². The molecule has 0 saturated carbocycles. The second-order valence-corrected chi connectivity index (χ2v) is 6.76. The van der Waals surface area contributed by atoms with Crippen LogP contribution in [-0.4, -0.2) is 55.2 Å². The van der Waals surface area contributed by atoms with Crippen LogP contribution < -0.4 is 10.6 Å². The number of guanidine groups is 1.